The van der Waals surface area contributed by atoms with Crippen LogP contribution in [0.5, 0.6) is 5.75 Å². The molecule has 0 radical (unpaired) electrons. The molecule has 0 saturated carbocycles. The topological polar surface area (TPSA) is 25.4 Å². The Labute approximate surface area is 89.3 Å². The van der Waals surface area contributed by atoms with Gasteiger partial charge in [-0.05, 0) is 29.7 Å². The average Bonchev–Trinajstić information content (AvgIpc) is 2.27. The van der Waals surface area contributed by atoms with Crippen LogP contribution >= 0.6 is 0 Å². The Kier molecular flexibility index (Phi) is 2.46. The van der Waals surface area contributed by atoms with E-state index in [-0.39, 0.29) is 0 Å². The molecule has 0 aliphatic heterocycles. The van der Waals surface area contributed by atoms with Crippen molar-refractivity contribution in [3.8, 4) is 5.75 Å². The number of nitrogens with zero attached hydrogens (tertiary/aromatic N) is 2. The smallest absolute Gasteiger partial charge is 0.128 e. The summed E-state index contributed by atoms with van der Waals surface area (Å²) in [6.07, 6.45) is 1.88. The molecule has 2 aromatic rings. The molecular weight excluding hydrogens is 188 g/mol. The third kappa shape index (κ3) is 1.86. The Morgan fingerprint density at radius 1 is 1.13 bits per heavy atom. The molecule has 0 saturated heterocycles. The van der Waals surface area contributed by atoms with E-state index < -0.39 is 0 Å². The monoisotopic (exact) mass is 202 g/mol. The van der Waals surface area contributed by atoms with Gasteiger partial charge in [0.05, 0.1) is 7.11 Å². The lowest BCUT2D eigenvalue weighted by Gasteiger charge is -2.11. The van der Waals surface area contributed by atoms with Crippen LogP contribution in [0, 0.1) is 0 Å². The molecule has 0 N–H and O–H groups in total. The van der Waals surface area contributed by atoms with Crippen molar-refractivity contribution in [3.63, 3.8) is 0 Å². The maximum atomic E-state index is 5.19. The van der Waals surface area contributed by atoms with Crippen molar-refractivity contribution in [1.29, 1.82) is 0 Å². The van der Waals surface area contributed by atoms with Gasteiger partial charge in [-0.15, -0.1) is 0 Å². The van der Waals surface area contributed by atoms with Crippen molar-refractivity contribution >= 4 is 16.6 Å². The number of methoxy groups -OCH3 is 1. The van der Waals surface area contributed by atoms with E-state index in [1.165, 1.54) is 0 Å². The minimum Gasteiger partial charge on any atom is -0.497 e. The molecule has 0 unspecified atom stereocenters. The number of ether oxygens (including phenoxy) is 1. The predicted molar refractivity (Wildman–Crippen MR) is 62.6 cm³/mol. The molecule has 1 aromatic carbocycles. The maximum Gasteiger partial charge on any atom is 0.128 e. The predicted octanol–water partition coefficient (Wildman–Crippen LogP) is 2.31. The van der Waals surface area contributed by atoms with E-state index in [1.807, 2.05) is 43.4 Å². The molecule has 15 heavy (non-hydrogen) atoms. The molecule has 3 nitrogen and oxygen atoms in total. The first-order chi connectivity index (χ1) is 7.20. The van der Waals surface area contributed by atoms with Gasteiger partial charge in [-0.3, -0.25) is 0 Å². The first kappa shape index (κ1) is 9.77. The van der Waals surface area contributed by atoms with Crippen LogP contribution < -0.4 is 9.64 Å². The fourth-order valence-corrected chi connectivity index (χ4v) is 1.48. The summed E-state index contributed by atoms with van der Waals surface area (Å²) < 4.78 is 5.19. The van der Waals surface area contributed by atoms with E-state index >= 15 is 0 Å². The second-order valence-electron chi connectivity index (χ2n) is 3.65. The van der Waals surface area contributed by atoms with Crippen LogP contribution in [0.15, 0.2) is 30.5 Å². The third-order valence-corrected chi connectivity index (χ3v) is 2.37. The van der Waals surface area contributed by atoms with Gasteiger partial charge in [0.1, 0.15) is 11.6 Å². The highest BCUT2D eigenvalue weighted by atomic mass is 16.5. The Hall–Kier alpha value is -1.77. The number of benzene rings is 1. The summed E-state index contributed by atoms with van der Waals surface area (Å²) in [4.78, 5) is 6.33. The lowest BCUT2D eigenvalue weighted by molar-refractivity contribution is 0.415. The summed E-state index contributed by atoms with van der Waals surface area (Å²) in [6, 6.07) is 8.03. The van der Waals surface area contributed by atoms with Gasteiger partial charge in [-0.2, -0.15) is 0 Å². The number of hydrogen-bond acceptors (Lipinski definition) is 3. The van der Waals surface area contributed by atoms with E-state index in [2.05, 4.69) is 11.1 Å². The van der Waals surface area contributed by atoms with E-state index in [0.29, 0.717) is 0 Å². The zero-order valence-corrected chi connectivity index (χ0v) is 9.19. The van der Waals surface area contributed by atoms with Crippen LogP contribution in [-0.4, -0.2) is 26.2 Å². The SMILES string of the molecule is COc1ccc2cnc(N(C)C)cc2c1. The molecule has 0 aliphatic rings. The summed E-state index contributed by atoms with van der Waals surface area (Å²) in [6.45, 7) is 0. The molecule has 0 atom stereocenters. The zero-order valence-electron chi connectivity index (χ0n) is 9.19. The second kappa shape index (κ2) is 3.77. The van der Waals surface area contributed by atoms with Crippen molar-refractivity contribution < 1.29 is 4.74 Å². The fourth-order valence-electron chi connectivity index (χ4n) is 1.48. The molecular formula is C12H14N2O. The molecule has 1 aromatic heterocycles. The zero-order chi connectivity index (χ0) is 10.8. The lowest BCUT2D eigenvalue weighted by atomic mass is 10.1. The molecule has 0 amide bonds. The molecule has 0 fully saturated rings. The normalized spacial score (nSPS) is 10.3. The molecule has 0 aliphatic carbocycles. The average molecular weight is 202 g/mol. The summed E-state index contributed by atoms with van der Waals surface area (Å²) in [5, 5.41) is 2.27. The highest BCUT2D eigenvalue weighted by molar-refractivity contribution is 5.85. The summed E-state index contributed by atoms with van der Waals surface area (Å²) in [7, 11) is 5.64. The molecule has 0 spiro atoms. The Bertz CT molecular complexity index is 480. The first-order valence-electron chi connectivity index (χ1n) is 4.82. The van der Waals surface area contributed by atoms with Crippen LogP contribution in [0.1, 0.15) is 0 Å². The molecule has 0 bridgehead atoms. The molecule has 2 rings (SSSR count). The second-order valence-corrected chi connectivity index (χ2v) is 3.65. The molecule has 1 heterocycles. The van der Waals surface area contributed by atoms with Crippen LogP contribution in [0.2, 0.25) is 0 Å². The number of hydrogen-bond donors (Lipinski definition) is 0. The Morgan fingerprint density at radius 2 is 1.93 bits per heavy atom. The summed E-state index contributed by atoms with van der Waals surface area (Å²) >= 11 is 0. The Balaban J connectivity index is 2.57. The number of rotatable bonds is 2. The van der Waals surface area contributed by atoms with E-state index in [1.54, 1.807) is 7.11 Å². The van der Waals surface area contributed by atoms with Crippen molar-refractivity contribution in [2.24, 2.45) is 0 Å². The number of fused-ring (bicyclic) bond motifs is 1. The Morgan fingerprint density at radius 3 is 2.60 bits per heavy atom. The quantitative estimate of drug-likeness (QED) is 0.747. The van der Waals surface area contributed by atoms with E-state index in [4.69, 9.17) is 4.74 Å². The van der Waals surface area contributed by atoms with E-state index in [0.717, 1.165) is 22.3 Å². The van der Waals surface area contributed by atoms with Gasteiger partial charge in [-0.1, -0.05) is 0 Å². The van der Waals surface area contributed by atoms with Gasteiger partial charge in [0, 0.05) is 25.7 Å². The lowest BCUT2D eigenvalue weighted by Crippen LogP contribution is -2.10. The fraction of sp³-hybridized carbons (Fsp3) is 0.250. The summed E-state index contributed by atoms with van der Waals surface area (Å²) in [5.74, 6) is 1.83. The van der Waals surface area contributed by atoms with Crippen molar-refractivity contribution in [2.45, 2.75) is 0 Å². The van der Waals surface area contributed by atoms with Crippen LogP contribution in [0.4, 0.5) is 5.82 Å². The molecule has 3 heteroatoms. The first-order valence-corrected chi connectivity index (χ1v) is 4.82. The summed E-state index contributed by atoms with van der Waals surface area (Å²) in [5.41, 5.74) is 0. The van der Waals surface area contributed by atoms with Gasteiger partial charge in [0.2, 0.25) is 0 Å². The van der Waals surface area contributed by atoms with Gasteiger partial charge < -0.3 is 9.64 Å². The van der Waals surface area contributed by atoms with Crippen LogP contribution in [-0.2, 0) is 0 Å². The van der Waals surface area contributed by atoms with Crippen LogP contribution in [0.3, 0.4) is 0 Å². The van der Waals surface area contributed by atoms with Crippen molar-refractivity contribution in [2.75, 3.05) is 26.1 Å². The highest BCUT2D eigenvalue weighted by Gasteiger charge is 2.00. The van der Waals surface area contributed by atoms with Gasteiger partial charge in [-0.25, -0.2) is 4.98 Å². The van der Waals surface area contributed by atoms with Gasteiger partial charge in [0.15, 0.2) is 0 Å². The largest absolute Gasteiger partial charge is 0.497 e. The third-order valence-electron chi connectivity index (χ3n) is 2.37. The number of anilines is 1. The number of aromatic nitrogens is 1. The highest BCUT2D eigenvalue weighted by Crippen LogP contribution is 2.22. The molecule has 78 valence electrons. The standard InChI is InChI=1S/C12H14N2O/c1-14(2)12-7-10-6-11(15-3)5-4-9(10)8-13-12/h4-8H,1-3H3. The minimum absolute atomic E-state index is 0.874. The van der Waals surface area contributed by atoms with Crippen molar-refractivity contribution in [1.82, 2.24) is 4.98 Å². The minimum atomic E-state index is 0.874. The van der Waals surface area contributed by atoms with Crippen LogP contribution in [0.25, 0.3) is 10.8 Å². The van der Waals surface area contributed by atoms with Gasteiger partial charge in [0.25, 0.3) is 0 Å². The van der Waals surface area contributed by atoms with E-state index in [9.17, 15) is 0 Å². The maximum absolute atomic E-state index is 5.19. The van der Waals surface area contributed by atoms with Crippen molar-refractivity contribution in [3.05, 3.63) is 30.5 Å². The number of pyridine rings is 1. The van der Waals surface area contributed by atoms with Gasteiger partial charge >= 0.3 is 0 Å².